The highest BCUT2D eigenvalue weighted by molar-refractivity contribution is 4.96. The molecule has 0 aliphatic carbocycles. The molecule has 0 saturated carbocycles. The van der Waals surface area contributed by atoms with Crippen LogP contribution in [0.15, 0.2) is 0 Å². The van der Waals surface area contributed by atoms with Crippen molar-refractivity contribution >= 4 is 0 Å². The number of hydrogen-bond acceptors (Lipinski definition) is 2. The first kappa shape index (κ1) is 12.5. The average Bonchev–Trinajstić information content (AvgIpc) is 2.29. The van der Waals surface area contributed by atoms with Crippen LogP contribution in [0.1, 0.15) is 39.5 Å². The molecule has 0 bridgehead atoms. The smallest absolute Gasteiger partial charge is 0.0221 e. The monoisotopic (exact) mass is 208 g/mol. The minimum Gasteiger partial charge on any atom is -0.315 e. The van der Waals surface area contributed by atoms with Crippen LogP contribution in [0.3, 0.4) is 0 Å². The number of rotatable bonds is 5. The zero-order valence-corrected chi connectivity index (χ0v) is 10.2. The summed E-state index contributed by atoms with van der Waals surface area (Å²) in [5, 5.41) is 3.49. The largest absolute Gasteiger partial charge is 0.315 e. The Kier molecular flexibility index (Phi) is 6.47. The Hall–Kier alpha value is -0.520. The normalized spacial score (nSPS) is 21.1. The fourth-order valence-electron chi connectivity index (χ4n) is 2.23. The predicted molar refractivity (Wildman–Crippen MR) is 65.8 cm³/mol. The summed E-state index contributed by atoms with van der Waals surface area (Å²) >= 11 is 0. The van der Waals surface area contributed by atoms with E-state index in [1.165, 1.54) is 38.9 Å². The summed E-state index contributed by atoms with van der Waals surface area (Å²) in [5.41, 5.74) is 0. The molecule has 1 saturated heterocycles. The van der Waals surface area contributed by atoms with Crippen LogP contribution in [0.2, 0.25) is 0 Å². The lowest BCUT2D eigenvalue weighted by atomic mass is 10.1. The molecule has 1 N–H and O–H groups in total. The molecule has 2 nitrogen and oxygen atoms in total. The maximum Gasteiger partial charge on any atom is 0.0221 e. The van der Waals surface area contributed by atoms with Gasteiger partial charge in [0.05, 0.1) is 0 Å². The fourth-order valence-corrected chi connectivity index (χ4v) is 2.23. The highest BCUT2D eigenvalue weighted by Crippen LogP contribution is 2.11. The van der Waals surface area contributed by atoms with Crippen molar-refractivity contribution in [1.82, 2.24) is 10.2 Å². The third-order valence-corrected chi connectivity index (χ3v) is 3.00. The van der Waals surface area contributed by atoms with E-state index in [0.717, 1.165) is 19.0 Å². The molecule has 0 amide bonds. The van der Waals surface area contributed by atoms with Gasteiger partial charge >= 0.3 is 0 Å². The Bertz CT molecular complexity index is 208. The molecule has 0 aromatic carbocycles. The van der Waals surface area contributed by atoms with Crippen molar-refractivity contribution in [3.8, 4) is 11.8 Å². The van der Waals surface area contributed by atoms with E-state index in [9.17, 15) is 0 Å². The predicted octanol–water partition coefficient (Wildman–Crippen LogP) is 1.86. The van der Waals surface area contributed by atoms with Gasteiger partial charge in [-0.25, -0.2) is 0 Å². The molecule has 1 aliphatic rings. The third-order valence-electron chi connectivity index (χ3n) is 3.00. The van der Waals surface area contributed by atoms with Crippen LogP contribution in [0.5, 0.6) is 0 Å². The van der Waals surface area contributed by atoms with Gasteiger partial charge in [-0.1, -0.05) is 6.92 Å². The van der Waals surface area contributed by atoms with E-state index in [1.807, 2.05) is 6.92 Å². The molecule has 1 rings (SSSR count). The molecule has 1 aliphatic heterocycles. The lowest BCUT2D eigenvalue weighted by Crippen LogP contribution is -2.46. The topological polar surface area (TPSA) is 15.3 Å². The van der Waals surface area contributed by atoms with Crippen molar-refractivity contribution in [3.63, 3.8) is 0 Å². The van der Waals surface area contributed by atoms with Crippen molar-refractivity contribution in [2.24, 2.45) is 0 Å². The van der Waals surface area contributed by atoms with E-state index in [2.05, 4.69) is 29.0 Å². The summed E-state index contributed by atoms with van der Waals surface area (Å²) in [5.74, 6) is 6.14. The standard InChI is InChI=1S/C13H24N2/c1-3-5-6-11-15(10-4-2)13-8-7-9-14-12-13/h13-14H,4,6-12H2,1-2H3. The zero-order chi connectivity index (χ0) is 10.9. The maximum absolute atomic E-state index is 3.49. The highest BCUT2D eigenvalue weighted by atomic mass is 15.2. The van der Waals surface area contributed by atoms with Gasteiger partial charge in [0.1, 0.15) is 0 Å². The third kappa shape index (κ3) is 4.68. The number of hydrogen-bond donors (Lipinski definition) is 1. The van der Waals surface area contributed by atoms with Gasteiger partial charge in [0.25, 0.3) is 0 Å². The summed E-state index contributed by atoms with van der Waals surface area (Å²) < 4.78 is 0. The summed E-state index contributed by atoms with van der Waals surface area (Å²) in [4.78, 5) is 2.61. The summed E-state index contributed by atoms with van der Waals surface area (Å²) in [7, 11) is 0. The van der Waals surface area contributed by atoms with Crippen LogP contribution >= 0.6 is 0 Å². The molecule has 86 valence electrons. The summed E-state index contributed by atoms with van der Waals surface area (Å²) in [6.45, 7) is 8.91. The van der Waals surface area contributed by atoms with Gasteiger partial charge < -0.3 is 5.32 Å². The van der Waals surface area contributed by atoms with E-state index in [-0.39, 0.29) is 0 Å². The second-order valence-electron chi connectivity index (χ2n) is 4.21. The lowest BCUT2D eigenvalue weighted by Gasteiger charge is -2.34. The fraction of sp³-hybridized carbons (Fsp3) is 0.846. The van der Waals surface area contributed by atoms with Crippen molar-refractivity contribution in [2.75, 3.05) is 26.2 Å². The van der Waals surface area contributed by atoms with Crippen LogP contribution in [0, 0.1) is 11.8 Å². The number of nitrogens with one attached hydrogen (secondary N) is 1. The molecule has 0 radical (unpaired) electrons. The van der Waals surface area contributed by atoms with Gasteiger partial charge in [0, 0.05) is 25.6 Å². The van der Waals surface area contributed by atoms with E-state index >= 15 is 0 Å². The Balaban J connectivity index is 2.35. The van der Waals surface area contributed by atoms with Crippen LogP contribution < -0.4 is 5.32 Å². The van der Waals surface area contributed by atoms with Gasteiger partial charge in [0.15, 0.2) is 0 Å². The lowest BCUT2D eigenvalue weighted by molar-refractivity contribution is 0.169. The van der Waals surface area contributed by atoms with E-state index in [4.69, 9.17) is 0 Å². The Morgan fingerprint density at radius 1 is 1.40 bits per heavy atom. The van der Waals surface area contributed by atoms with Crippen LogP contribution in [-0.4, -0.2) is 37.1 Å². The number of nitrogens with zero attached hydrogens (tertiary/aromatic N) is 1. The van der Waals surface area contributed by atoms with Gasteiger partial charge in [-0.15, -0.1) is 11.8 Å². The quantitative estimate of drug-likeness (QED) is 0.694. The molecule has 0 aromatic rings. The Morgan fingerprint density at radius 3 is 2.87 bits per heavy atom. The second kappa shape index (κ2) is 7.73. The average molecular weight is 208 g/mol. The minimum atomic E-state index is 0.748. The second-order valence-corrected chi connectivity index (χ2v) is 4.21. The maximum atomic E-state index is 3.49. The highest BCUT2D eigenvalue weighted by Gasteiger charge is 2.19. The number of piperidine rings is 1. The van der Waals surface area contributed by atoms with Gasteiger partial charge in [-0.3, -0.25) is 4.90 Å². The molecular formula is C13H24N2. The molecule has 2 heteroatoms. The molecular weight excluding hydrogens is 184 g/mol. The van der Waals surface area contributed by atoms with Crippen molar-refractivity contribution in [3.05, 3.63) is 0 Å². The van der Waals surface area contributed by atoms with E-state index in [1.54, 1.807) is 0 Å². The van der Waals surface area contributed by atoms with Crippen LogP contribution in [0.4, 0.5) is 0 Å². The van der Waals surface area contributed by atoms with E-state index in [0.29, 0.717) is 0 Å². The summed E-state index contributed by atoms with van der Waals surface area (Å²) in [6.07, 6.45) is 4.94. The molecule has 1 fully saturated rings. The SMILES string of the molecule is CC#CCCN(CCC)C1CCCNC1. The van der Waals surface area contributed by atoms with Crippen molar-refractivity contribution in [2.45, 2.75) is 45.6 Å². The molecule has 1 atom stereocenters. The van der Waals surface area contributed by atoms with Gasteiger partial charge in [-0.05, 0) is 39.3 Å². The zero-order valence-electron chi connectivity index (χ0n) is 10.2. The summed E-state index contributed by atoms with van der Waals surface area (Å²) in [6, 6.07) is 0.748. The molecule has 0 spiro atoms. The Labute approximate surface area is 94.4 Å². The van der Waals surface area contributed by atoms with Gasteiger partial charge in [-0.2, -0.15) is 0 Å². The molecule has 0 aromatic heterocycles. The molecule has 15 heavy (non-hydrogen) atoms. The van der Waals surface area contributed by atoms with Crippen LogP contribution in [0.25, 0.3) is 0 Å². The van der Waals surface area contributed by atoms with E-state index < -0.39 is 0 Å². The first-order valence-electron chi connectivity index (χ1n) is 6.22. The molecule has 1 unspecified atom stereocenters. The molecule has 1 heterocycles. The Morgan fingerprint density at radius 2 is 2.27 bits per heavy atom. The minimum absolute atomic E-state index is 0.748. The van der Waals surface area contributed by atoms with Crippen molar-refractivity contribution in [1.29, 1.82) is 0 Å². The van der Waals surface area contributed by atoms with Gasteiger partial charge in [0.2, 0.25) is 0 Å². The van der Waals surface area contributed by atoms with Crippen LogP contribution in [-0.2, 0) is 0 Å². The first-order valence-corrected chi connectivity index (χ1v) is 6.22. The van der Waals surface area contributed by atoms with Crippen molar-refractivity contribution < 1.29 is 0 Å². The first-order chi connectivity index (χ1) is 7.38.